The summed E-state index contributed by atoms with van der Waals surface area (Å²) in [6.45, 7) is 7.52. The Morgan fingerprint density at radius 2 is 1.93 bits per heavy atom. The topological polar surface area (TPSA) is 66.9 Å². The van der Waals surface area contributed by atoms with Gasteiger partial charge in [0.05, 0.1) is 30.4 Å². The van der Waals surface area contributed by atoms with Gasteiger partial charge in [0, 0.05) is 51.6 Å². The summed E-state index contributed by atoms with van der Waals surface area (Å²) in [4.78, 5) is 21.3. The van der Waals surface area contributed by atoms with Crippen molar-refractivity contribution in [1.82, 2.24) is 14.8 Å². The number of carbonyl (C=O) groups excluding carboxylic acids is 1. The molecule has 0 spiro atoms. The van der Waals surface area contributed by atoms with E-state index in [-0.39, 0.29) is 5.91 Å². The van der Waals surface area contributed by atoms with Crippen molar-refractivity contribution in [2.24, 2.45) is 5.92 Å². The number of hydrogen-bond donors (Lipinski definition) is 1. The maximum absolute atomic E-state index is 12.6. The van der Waals surface area contributed by atoms with Crippen LogP contribution in [0.25, 0.3) is 0 Å². The molecule has 0 bridgehead atoms. The third-order valence-electron chi connectivity index (χ3n) is 5.86. The molecule has 0 aliphatic carbocycles. The molecule has 1 unspecified atom stereocenters. The Bertz CT molecular complexity index is 669. The lowest BCUT2D eigenvalue weighted by Crippen LogP contribution is -2.41. The summed E-state index contributed by atoms with van der Waals surface area (Å²) >= 11 is 6.43. The molecule has 1 aromatic heterocycles. The summed E-state index contributed by atoms with van der Waals surface area (Å²) in [5, 5.41) is 3.97. The maximum Gasteiger partial charge on any atom is 0.255 e. The van der Waals surface area contributed by atoms with E-state index in [9.17, 15) is 4.79 Å². The number of hydrogen-bond acceptors (Lipinski definition) is 6. The SMILES string of the molecule is O=C(c1cnc(NC2CCN(CC3CCOC3)CC2)c(Cl)c1)N1CCOCC1. The van der Waals surface area contributed by atoms with Gasteiger partial charge in [0.25, 0.3) is 5.91 Å². The number of nitrogens with zero attached hydrogens (tertiary/aromatic N) is 3. The normalized spacial score (nSPS) is 24.5. The number of morpholine rings is 1. The molecule has 1 atom stereocenters. The fourth-order valence-corrected chi connectivity index (χ4v) is 4.38. The molecule has 0 aromatic carbocycles. The van der Waals surface area contributed by atoms with E-state index in [4.69, 9.17) is 21.1 Å². The molecule has 8 heteroatoms. The Hall–Kier alpha value is -1.41. The molecule has 3 saturated heterocycles. The van der Waals surface area contributed by atoms with Crippen LogP contribution < -0.4 is 5.32 Å². The van der Waals surface area contributed by atoms with Crippen molar-refractivity contribution in [2.45, 2.75) is 25.3 Å². The highest BCUT2D eigenvalue weighted by atomic mass is 35.5. The van der Waals surface area contributed by atoms with Gasteiger partial charge in [0.15, 0.2) is 0 Å². The Morgan fingerprint density at radius 1 is 1.14 bits per heavy atom. The third-order valence-corrected chi connectivity index (χ3v) is 6.14. The number of piperidine rings is 1. The molecule has 3 fully saturated rings. The van der Waals surface area contributed by atoms with E-state index >= 15 is 0 Å². The highest BCUT2D eigenvalue weighted by Crippen LogP contribution is 2.25. The smallest absolute Gasteiger partial charge is 0.255 e. The van der Waals surface area contributed by atoms with Crippen LogP contribution in [0.15, 0.2) is 12.3 Å². The Balaban J connectivity index is 1.28. The predicted molar refractivity (Wildman–Crippen MR) is 108 cm³/mol. The number of anilines is 1. The lowest BCUT2D eigenvalue weighted by Gasteiger charge is -2.34. The molecule has 0 saturated carbocycles. The first kappa shape index (κ1) is 19.9. The molecule has 4 rings (SSSR count). The molecule has 1 aromatic rings. The lowest BCUT2D eigenvalue weighted by atomic mass is 10.0. The number of aromatic nitrogens is 1. The van der Waals surface area contributed by atoms with E-state index < -0.39 is 0 Å². The number of amides is 1. The highest BCUT2D eigenvalue weighted by molar-refractivity contribution is 6.33. The summed E-state index contributed by atoms with van der Waals surface area (Å²) in [6, 6.07) is 2.09. The van der Waals surface area contributed by atoms with Crippen LogP contribution in [0, 0.1) is 5.92 Å². The van der Waals surface area contributed by atoms with Crippen molar-refractivity contribution < 1.29 is 14.3 Å². The summed E-state index contributed by atoms with van der Waals surface area (Å²) in [5.41, 5.74) is 0.533. The molecule has 1 amide bonds. The van der Waals surface area contributed by atoms with Crippen LogP contribution >= 0.6 is 11.6 Å². The molecule has 0 radical (unpaired) electrons. The van der Waals surface area contributed by atoms with Crippen LogP contribution in [0.3, 0.4) is 0 Å². The lowest BCUT2D eigenvalue weighted by molar-refractivity contribution is 0.0302. The maximum atomic E-state index is 12.6. The predicted octanol–water partition coefficient (Wildman–Crippen LogP) is 2.12. The van der Waals surface area contributed by atoms with Gasteiger partial charge in [0.2, 0.25) is 0 Å². The van der Waals surface area contributed by atoms with Gasteiger partial charge in [-0.15, -0.1) is 0 Å². The first-order valence-corrected chi connectivity index (χ1v) is 10.7. The number of rotatable bonds is 5. The number of carbonyl (C=O) groups is 1. The van der Waals surface area contributed by atoms with Gasteiger partial charge >= 0.3 is 0 Å². The van der Waals surface area contributed by atoms with Gasteiger partial charge in [-0.1, -0.05) is 11.6 Å². The van der Waals surface area contributed by atoms with Crippen molar-refractivity contribution in [2.75, 3.05) is 64.5 Å². The monoisotopic (exact) mass is 408 g/mol. The van der Waals surface area contributed by atoms with E-state index in [1.807, 2.05) is 0 Å². The van der Waals surface area contributed by atoms with E-state index in [1.165, 1.54) is 6.42 Å². The number of ether oxygens (including phenoxy) is 2. The molecular weight excluding hydrogens is 380 g/mol. The molecule has 3 aliphatic heterocycles. The number of halogens is 1. The van der Waals surface area contributed by atoms with Crippen LogP contribution in [0.5, 0.6) is 0 Å². The Labute approximate surface area is 171 Å². The van der Waals surface area contributed by atoms with Gasteiger partial charge in [0.1, 0.15) is 5.82 Å². The standard InChI is InChI=1S/C20H29ClN4O3/c21-18-11-16(20(26)25-6-9-27-10-7-25)12-22-19(18)23-17-1-4-24(5-2-17)13-15-3-8-28-14-15/h11-12,15,17H,1-10,13-14H2,(H,22,23). The number of nitrogens with one attached hydrogen (secondary N) is 1. The Kier molecular flexibility index (Phi) is 6.67. The van der Waals surface area contributed by atoms with Gasteiger partial charge in [-0.25, -0.2) is 4.98 Å². The number of likely N-dealkylation sites (tertiary alicyclic amines) is 1. The number of pyridine rings is 1. The molecule has 4 heterocycles. The van der Waals surface area contributed by atoms with E-state index in [1.54, 1.807) is 17.2 Å². The second-order valence-electron chi connectivity index (χ2n) is 7.91. The average Bonchev–Trinajstić information content (AvgIpc) is 3.24. The first-order chi connectivity index (χ1) is 13.7. The highest BCUT2D eigenvalue weighted by Gasteiger charge is 2.25. The second-order valence-corrected chi connectivity index (χ2v) is 8.32. The van der Waals surface area contributed by atoms with E-state index in [0.29, 0.717) is 54.7 Å². The third kappa shape index (κ3) is 4.95. The molecule has 3 aliphatic rings. The summed E-state index contributed by atoms with van der Waals surface area (Å²) in [7, 11) is 0. The zero-order chi connectivity index (χ0) is 19.3. The van der Waals surface area contributed by atoms with E-state index in [0.717, 1.165) is 45.7 Å². The van der Waals surface area contributed by atoms with E-state index in [2.05, 4.69) is 15.2 Å². The van der Waals surface area contributed by atoms with Gasteiger partial charge in [-0.3, -0.25) is 4.79 Å². The van der Waals surface area contributed by atoms with Crippen molar-refractivity contribution in [1.29, 1.82) is 0 Å². The summed E-state index contributed by atoms with van der Waals surface area (Å²) in [5.74, 6) is 1.33. The van der Waals surface area contributed by atoms with Gasteiger partial charge in [-0.05, 0) is 31.2 Å². The van der Waals surface area contributed by atoms with Crippen LogP contribution in [0.2, 0.25) is 5.02 Å². The molecule has 7 nitrogen and oxygen atoms in total. The largest absolute Gasteiger partial charge is 0.381 e. The minimum Gasteiger partial charge on any atom is -0.381 e. The fraction of sp³-hybridized carbons (Fsp3) is 0.700. The van der Waals surface area contributed by atoms with Crippen LogP contribution in [-0.2, 0) is 9.47 Å². The first-order valence-electron chi connectivity index (χ1n) is 10.3. The molecule has 28 heavy (non-hydrogen) atoms. The quantitative estimate of drug-likeness (QED) is 0.805. The minimum atomic E-state index is -0.0338. The minimum absolute atomic E-state index is 0.0338. The second kappa shape index (κ2) is 9.39. The van der Waals surface area contributed by atoms with Gasteiger partial charge in [-0.2, -0.15) is 0 Å². The summed E-state index contributed by atoms with van der Waals surface area (Å²) in [6.07, 6.45) is 4.95. The van der Waals surface area contributed by atoms with Crippen molar-refractivity contribution in [3.05, 3.63) is 22.8 Å². The zero-order valence-corrected chi connectivity index (χ0v) is 17.0. The van der Waals surface area contributed by atoms with Crippen LogP contribution in [-0.4, -0.2) is 85.9 Å². The fourth-order valence-electron chi connectivity index (χ4n) is 4.16. The zero-order valence-electron chi connectivity index (χ0n) is 16.2. The average molecular weight is 409 g/mol. The summed E-state index contributed by atoms with van der Waals surface area (Å²) < 4.78 is 10.8. The molecule has 154 valence electrons. The van der Waals surface area contributed by atoms with Crippen LogP contribution in [0.1, 0.15) is 29.6 Å². The molecular formula is C20H29ClN4O3. The van der Waals surface area contributed by atoms with Crippen LogP contribution in [0.4, 0.5) is 5.82 Å². The van der Waals surface area contributed by atoms with Crippen molar-refractivity contribution >= 4 is 23.3 Å². The van der Waals surface area contributed by atoms with Crippen molar-refractivity contribution in [3.8, 4) is 0 Å². The van der Waals surface area contributed by atoms with Gasteiger partial charge < -0.3 is 24.6 Å². The Morgan fingerprint density at radius 3 is 2.61 bits per heavy atom. The van der Waals surface area contributed by atoms with Crippen molar-refractivity contribution in [3.63, 3.8) is 0 Å². The molecule has 1 N–H and O–H groups in total.